The summed E-state index contributed by atoms with van der Waals surface area (Å²) in [5.41, 5.74) is 0. The fraction of sp³-hybridized carbons (Fsp3) is 1.00. The molecule has 112 valence electrons. The second kappa shape index (κ2) is 7.64. The normalized spacial score (nSPS) is 31.6. The van der Waals surface area contributed by atoms with Gasteiger partial charge in [0.25, 0.3) is 0 Å². The number of likely N-dealkylation sites (N-methyl/N-ethyl adjacent to an activating group) is 1. The molecule has 2 nitrogen and oxygen atoms in total. The average Bonchev–Trinajstić information content (AvgIpc) is 2.46. The molecule has 2 fully saturated rings. The molecule has 0 radical (unpaired) electrons. The molecule has 0 amide bonds. The van der Waals surface area contributed by atoms with E-state index in [0.717, 1.165) is 18.0 Å². The lowest BCUT2D eigenvalue weighted by atomic mass is 9.86. The Morgan fingerprint density at radius 2 is 1.63 bits per heavy atom. The minimum atomic E-state index is 0.681. The molecule has 2 saturated carbocycles. The molecule has 0 heterocycles. The standard InChI is InChI=1S/C17H34N2/c1-14-9-11-17(12-10-14)19(3)15(2)13-18-16-7-5-4-6-8-16/h14-18H,4-13H2,1-3H3. The Morgan fingerprint density at radius 3 is 2.26 bits per heavy atom. The van der Waals surface area contributed by atoms with Crippen LogP contribution in [0.2, 0.25) is 0 Å². The first-order valence-corrected chi connectivity index (χ1v) is 8.62. The first-order valence-electron chi connectivity index (χ1n) is 8.62. The van der Waals surface area contributed by atoms with Crippen molar-refractivity contribution in [3.8, 4) is 0 Å². The van der Waals surface area contributed by atoms with Crippen LogP contribution in [-0.4, -0.2) is 36.6 Å². The zero-order valence-electron chi connectivity index (χ0n) is 13.3. The molecule has 2 aliphatic rings. The second-order valence-corrected chi connectivity index (χ2v) is 7.17. The molecule has 2 rings (SSSR count). The average molecular weight is 266 g/mol. The summed E-state index contributed by atoms with van der Waals surface area (Å²) in [6.07, 6.45) is 12.8. The maximum Gasteiger partial charge on any atom is 0.0192 e. The van der Waals surface area contributed by atoms with E-state index in [1.165, 1.54) is 64.3 Å². The Labute approximate surface area is 120 Å². The highest BCUT2D eigenvalue weighted by atomic mass is 15.2. The van der Waals surface area contributed by atoms with Gasteiger partial charge in [-0.1, -0.05) is 26.2 Å². The minimum Gasteiger partial charge on any atom is -0.312 e. The summed E-state index contributed by atoms with van der Waals surface area (Å²) in [4.78, 5) is 2.64. The van der Waals surface area contributed by atoms with Crippen molar-refractivity contribution < 1.29 is 0 Å². The zero-order chi connectivity index (χ0) is 13.7. The third-order valence-corrected chi connectivity index (χ3v) is 5.56. The molecule has 2 heteroatoms. The van der Waals surface area contributed by atoms with E-state index in [0.29, 0.717) is 6.04 Å². The van der Waals surface area contributed by atoms with E-state index in [1.54, 1.807) is 0 Å². The van der Waals surface area contributed by atoms with E-state index in [9.17, 15) is 0 Å². The fourth-order valence-corrected chi connectivity index (χ4v) is 3.80. The van der Waals surface area contributed by atoms with Gasteiger partial charge < -0.3 is 5.32 Å². The monoisotopic (exact) mass is 266 g/mol. The van der Waals surface area contributed by atoms with E-state index in [-0.39, 0.29) is 0 Å². The van der Waals surface area contributed by atoms with E-state index >= 15 is 0 Å². The van der Waals surface area contributed by atoms with Gasteiger partial charge in [0.1, 0.15) is 0 Å². The summed E-state index contributed by atoms with van der Waals surface area (Å²) in [6, 6.07) is 2.32. The number of hydrogen-bond acceptors (Lipinski definition) is 2. The summed E-state index contributed by atoms with van der Waals surface area (Å²) in [5.74, 6) is 0.959. The molecule has 0 aromatic carbocycles. The molecular formula is C17H34N2. The van der Waals surface area contributed by atoms with Crippen LogP contribution in [0.1, 0.15) is 71.6 Å². The van der Waals surface area contributed by atoms with Crippen molar-refractivity contribution in [2.75, 3.05) is 13.6 Å². The maximum absolute atomic E-state index is 3.81. The van der Waals surface area contributed by atoms with Crippen molar-refractivity contribution in [1.82, 2.24) is 10.2 Å². The molecule has 0 bridgehead atoms. The van der Waals surface area contributed by atoms with E-state index in [4.69, 9.17) is 0 Å². The van der Waals surface area contributed by atoms with Crippen LogP contribution < -0.4 is 5.32 Å². The topological polar surface area (TPSA) is 15.3 Å². The van der Waals surface area contributed by atoms with Gasteiger partial charge in [-0.2, -0.15) is 0 Å². The fourth-order valence-electron chi connectivity index (χ4n) is 3.80. The lowest BCUT2D eigenvalue weighted by molar-refractivity contribution is 0.126. The van der Waals surface area contributed by atoms with Crippen LogP contribution in [-0.2, 0) is 0 Å². The Balaban J connectivity index is 1.68. The predicted octanol–water partition coefficient (Wildman–Crippen LogP) is 3.81. The lowest BCUT2D eigenvalue weighted by Gasteiger charge is -2.38. The van der Waals surface area contributed by atoms with Crippen LogP contribution in [0, 0.1) is 5.92 Å². The SMILES string of the molecule is CC1CCC(N(C)C(C)CNC2CCCCC2)CC1. The van der Waals surface area contributed by atoms with Gasteiger partial charge in [-0.25, -0.2) is 0 Å². The quantitative estimate of drug-likeness (QED) is 0.814. The lowest BCUT2D eigenvalue weighted by Crippen LogP contribution is -2.47. The summed E-state index contributed by atoms with van der Waals surface area (Å²) < 4.78 is 0. The van der Waals surface area contributed by atoms with E-state index in [1.807, 2.05) is 0 Å². The van der Waals surface area contributed by atoms with Crippen LogP contribution in [0.4, 0.5) is 0 Å². The third kappa shape index (κ3) is 4.75. The van der Waals surface area contributed by atoms with Crippen LogP contribution in [0.25, 0.3) is 0 Å². The van der Waals surface area contributed by atoms with Gasteiger partial charge in [-0.15, -0.1) is 0 Å². The molecule has 2 aliphatic carbocycles. The molecule has 0 aliphatic heterocycles. The Kier molecular flexibility index (Phi) is 6.15. The number of nitrogens with one attached hydrogen (secondary N) is 1. The van der Waals surface area contributed by atoms with Crippen molar-refractivity contribution in [1.29, 1.82) is 0 Å². The van der Waals surface area contributed by atoms with Gasteiger partial charge in [-0.05, 0) is 58.4 Å². The molecule has 19 heavy (non-hydrogen) atoms. The molecule has 0 aromatic rings. The van der Waals surface area contributed by atoms with Gasteiger partial charge in [-0.3, -0.25) is 4.90 Å². The van der Waals surface area contributed by atoms with Gasteiger partial charge in [0.05, 0.1) is 0 Å². The zero-order valence-corrected chi connectivity index (χ0v) is 13.3. The van der Waals surface area contributed by atoms with Crippen LogP contribution in [0.5, 0.6) is 0 Å². The van der Waals surface area contributed by atoms with Gasteiger partial charge in [0.15, 0.2) is 0 Å². The van der Waals surface area contributed by atoms with Gasteiger partial charge in [0.2, 0.25) is 0 Å². The minimum absolute atomic E-state index is 0.681. The van der Waals surface area contributed by atoms with E-state index < -0.39 is 0 Å². The second-order valence-electron chi connectivity index (χ2n) is 7.17. The molecule has 0 spiro atoms. The van der Waals surface area contributed by atoms with Crippen LogP contribution in [0.15, 0.2) is 0 Å². The molecule has 1 N–H and O–H groups in total. The summed E-state index contributed by atoms with van der Waals surface area (Å²) in [5, 5.41) is 3.81. The molecule has 1 atom stereocenters. The Bertz CT molecular complexity index is 240. The highest BCUT2D eigenvalue weighted by molar-refractivity contribution is 4.81. The van der Waals surface area contributed by atoms with Crippen molar-refractivity contribution in [3.63, 3.8) is 0 Å². The first-order chi connectivity index (χ1) is 9.16. The van der Waals surface area contributed by atoms with Crippen molar-refractivity contribution >= 4 is 0 Å². The summed E-state index contributed by atoms with van der Waals surface area (Å²) in [6.45, 7) is 5.98. The molecular weight excluding hydrogens is 232 g/mol. The van der Waals surface area contributed by atoms with Crippen LogP contribution >= 0.6 is 0 Å². The molecule has 0 saturated heterocycles. The van der Waals surface area contributed by atoms with Gasteiger partial charge in [0, 0.05) is 24.7 Å². The third-order valence-electron chi connectivity index (χ3n) is 5.56. The first kappa shape index (κ1) is 15.3. The highest BCUT2D eigenvalue weighted by Gasteiger charge is 2.25. The highest BCUT2D eigenvalue weighted by Crippen LogP contribution is 2.27. The Hall–Kier alpha value is -0.0800. The largest absolute Gasteiger partial charge is 0.312 e. The number of hydrogen-bond donors (Lipinski definition) is 1. The van der Waals surface area contributed by atoms with Crippen molar-refractivity contribution in [2.45, 2.75) is 89.8 Å². The van der Waals surface area contributed by atoms with E-state index in [2.05, 4.69) is 31.1 Å². The number of nitrogens with zero attached hydrogens (tertiary/aromatic N) is 1. The van der Waals surface area contributed by atoms with Crippen LogP contribution in [0.3, 0.4) is 0 Å². The summed E-state index contributed by atoms with van der Waals surface area (Å²) in [7, 11) is 2.34. The van der Waals surface area contributed by atoms with Crippen molar-refractivity contribution in [3.05, 3.63) is 0 Å². The van der Waals surface area contributed by atoms with Crippen molar-refractivity contribution in [2.24, 2.45) is 5.92 Å². The van der Waals surface area contributed by atoms with Gasteiger partial charge >= 0.3 is 0 Å². The smallest absolute Gasteiger partial charge is 0.0192 e. The molecule has 1 unspecified atom stereocenters. The number of rotatable bonds is 5. The Morgan fingerprint density at radius 1 is 1.00 bits per heavy atom. The predicted molar refractivity (Wildman–Crippen MR) is 83.5 cm³/mol. The maximum atomic E-state index is 3.81. The summed E-state index contributed by atoms with van der Waals surface area (Å²) >= 11 is 0. The molecule has 0 aromatic heterocycles.